The number of halogens is 1. The first-order valence-corrected chi connectivity index (χ1v) is 5.17. The van der Waals surface area contributed by atoms with E-state index in [2.05, 4.69) is 0 Å². The van der Waals surface area contributed by atoms with Crippen molar-refractivity contribution in [3.63, 3.8) is 0 Å². The summed E-state index contributed by atoms with van der Waals surface area (Å²) in [7, 11) is 0. The van der Waals surface area contributed by atoms with Gasteiger partial charge in [-0.25, -0.2) is 9.18 Å². The van der Waals surface area contributed by atoms with E-state index in [1.54, 1.807) is 20.8 Å². The molecule has 15 heavy (non-hydrogen) atoms. The second-order valence-electron chi connectivity index (χ2n) is 4.86. The smallest absolute Gasteiger partial charge is 0.410 e. The van der Waals surface area contributed by atoms with Crippen LogP contribution in [0.25, 0.3) is 0 Å². The number of nitrogens with zero attached hydrogens (tertiary/aromatic N) is 1. The fourth-order valence-electron chi connectivity index (χ4n) is 1.63. The van der Waals surface area contributed by atoms with Crippen LogP contribution in [0, 0.1) is 0 Å². The highest BCUT2D eigenvalue weighted by atomic mass is 19.1. The summed E-state index contributed by atoms with van der Waals surface area (Å²) in [5, 5.41) is 0. The summed E-state index contributed by atoms with van der Waals surface area (Å²) in [5.41, 5.74) is 4.92. The van der Waals surface area contributed by atoms with E-state index >= 15 is 0 Å². The summed E-state index contributed by atoms with van der Waals surface area (Å²) in [6.45, 7) is 5.72. The Bertz CT molecular complexity index is 240. The highest BCUT2D eigenvalue weighted by Gasteiger charge is 2.36. The molecule has 88 valence electrons. The maximum Gasteiger partial charge on any atom is 0.410 e. The summed E-state index contributed by atoms with van der Waals surface area (Å²) in [4.78, 5) is 13.0. The van der Waals surface area contributed by atoms with Crippen molar-refractivity contribution < 1.29 is 13.9 Å². The van der Waals surface area contributed by atoms with E-state index in [9.17, 15) is 9.18 Å². The van der Waals surface area contributed by atoms with E-state index < -0.39 is 17.9 Å². The zero-order valence-corrected chi connectivity index (χ0v) is 9.50. The fraction of sp³-hybridized carbons (Fsp3) is 0.900. The van der Waals surface area contributed by atoms with Gasteiger partial charge in [-0.05, 0) is 20.8 Å². The number of alkyl halides is 1. The van der Waals surface area contributed by atoms with Crippen LogP contribution < -0.4 is 5.73 Å². The molecule has 0 unspecified atom stereocenters. The van der Waals surface area contributed by atoms with Crippen LogP contribution in [0.4, 0.5) is 9.18 Å². The van der Waals surface area contributed by atoms with Crippen LogP contribution in [0.1, 0.15) is 27.2 Å². The predicted molar refractivity (Wildman–Crippen MR) is 55.3 cm³/mol. The molecule has 0 bridgehead atoms. The molecule has 1 rings (SSSR count). The van der Waals surface area contributed by atoms with Crippen LogP contribution in [0.15, 0.2) is 0 Å². The Kier molecular flexibility index (Phi) is 3.54. The van der Waals surface area contributed by atoms with Crippen LogP contribution in [0.2, 0.25) is 0 Å². The molecule has 0 aromatic rings. The molecule has 1 heterocycles. The SMILES string of the molecule is CC(C)(C)OC(=O)N1C[C@H](F)C[C@@H]1CN. The standard InChI is InChI=1S/C10H19FN2O2/c1-10(2,3)15-9(14)13-6-7(11)4-8(13)5-12/h7-8H,4-6,12H2,1-3H3/t7-,8-/m1/s1. The number of carbonyl (C=O) groups excluding carboxylic acids is 1. The summed E-state index contributed by atoms with van der Waals surface area (Å²) < 4.78 is 18.3. The van der Waals surface area contributed by atoms with E-state index in [1.165, 1.54) is 4.90 Å². The van der Waals surface area contributed by atoms with Crippen molar-refractivity contribution in [1.82, 2.24) is 4.90 Å². The van der Waals surface area contributed by atoms with E-state index in [0.717, 1.165) is 0 Å². The van der Waals surface area contributed by atoms with Crippen molar-refractivity contribution in [3.05, 3.63) is 0 Å². The predicted octanol–water partition coefficient (Wildman–Crippen LogP) is 1.29. The number of nitrogens with two attached hydrogens (primary N) is 1. The molecule has 2 N–H and O–H groups in total. The Morgan fingerprint density at radius 3 is 2.67 bits per heavy atom. The normalized spacial score (nSPS) is 26.9. The maximum absolute atomic E-state index is 13.1. The fourth-order valence-corrected chi connectivity index (χ4v) is 1.63. The molecule has 0 radical (unpaired) electrons. The average Bonchev–Trinajstić information content (AvgIpc) is 2.43. The Balaban J connectivity index is 2.59. The third-order valence-electron chi connectivity index (χ3n) is 2.26. The third kappa shape index (κ3) is 3.34. The van der Waals surface area contributed by atoms with Gasteiger partial charge in [-0.3, -0.25) is 0 Å². The van der Waals surface area contributed by atoms with Gasteiger partial charge in [0.2, 0.25) is 0 Å². The molecule has 1 saturated heterocycles. The van der Waals surface area contributed by atoms with Gasteiger partial charge in [0.25, 0.3) is 0 Å². The Morgan fingerprint density at radius 1 is 1.60 bits per heavy atom. The quantitative estimate of drug-likeness (QED) is 0.721. The first-order chi connectivity index (χ1) is 6.83. The van der Waals surface area contributed by atoms with Gasteiger partial charge in [0.05, 0.1) is 12.6 Å². The molecule has 1 fully saturated rings. The van der Waals surface area contributed by atoms with Crippen LogP contribution in [0.5, 0.6) is 0 Å². The summed E-state index contributed by atoms with van der Waals surface area (Å²) in [6.07, 6.45) is -1.14. The lowest BCUT2D eigenvalue weighted by Crippen LogP contribution is -2.43. The maximum atomic E-state index is 13.1. The number of ether oxygens (including phenoxy) is 1. The Labute approximate surface area is 89.6 Å². The molecule has 0 aliphatic carbocycles. The van der Waals surface area contributed by atoms with Crippen molar-refractivity contribution in [2.75, 3.05) is 13.1 Å². The molecular formula is C10H19FN2O2. The van der Waals surface area contributed by atoms with Crippen LogP contribution in [-0.4, -0.2) is 41.9 Å². The lowest BCUT2D eigenvalue weighted by atomic mass is 10.2. The Morgan fingerprint density at radius 2 is 2.20 bits per heavy atom. The molecule has 0 aromatic heterocycles. The highest BCUT2D eigenvalue weighted by molar-refractivity contribution is 5.69. The minimum absolute atomic E-state index is 0.0940. The van der Waals surface area contributed by atoms with Gasteiger partial charge in [-0.1, -0.05) is 0 Å². The van der Waals surface area contributed by atoms with Gasteiger partial charge in [-0.15, -0.1) is 0 Å². The first kappa shape index (κ1) is 12.2. The topological polar surface area (TPSA) is 55.6 Å². The van der Waals surface area contributed by atoms with Gasteiger partial charge in [0, 0.05) is 13.0 Å². The molecule has 0 spiro atoms. The molecule has 4 nitrogen and oxygen atoms in total. The van der Waals surface area contributed by atoms with Crippen LogP contribution >= 0.6 is 0 Å². The lowest BCUT2D eigenvalue weighted by molar-refractivity contribution is 0.0224. The first-order valence-electron chi connectivity index (χ1n) is 5.17. The monoisotopic (exact) mass is 218 g/mol. The average molecular weight is 218 g/mol. The van der Waals surface area contributed by atoms with Crippen molar-refractivity contribution in [1.29, 1.82) is 0 Å². The van der Waals surface area contributed by atoms with Crippen molar-refractivity contribution in [2.45, 2.75) is 45.0 Å². The van der Waals surface area contributed by atoms with Crippen LogP contribution in [-0.2, 0) is 4.74 Å². The molecule has 1 aliphatic heterocycles. The number of hydrogen-bond acceptors (Lipinski definition) is 3. The van der Waals surface area contributed by atoms with E-state index in [1.807, 2.05) is 0 Å². The summed E-state index contributed by atoms with van der Waals surface area (Å²) in [6, 6.07) is -0.227. The van der Waals surface area contributed by atoms with Crippen molar-refractivity contribution >= 4 is 6.09 Å². The van der Waals surface area contributed by atoms with Gasteiger partial charge < -0.3 is 15.4 Å². The highest BCUT2D eigenvalue weighted by Crippen LogP contribution is 2.22. The molecule has 0 saturated carbocycles. The Hall–Kier alpha value is -0.840. The van der Waals surface area contributed by atoms with E-state index in [-0.39, 0.29) is 19.1 Å². The van der Waals surface area contributed by atoms with Crippen molar-refractivity contribution in [3.8, 4) is 0 Å². The minimum Gasteiger partial charge on any atom is -0.444 e. The van der Waals surface area contributed by atoms with Crippen molar-refractivity contribution in [2.24, 2.45) is 5.73 Å². The zero-order chi connectivity index (χ0) is 11.6. The number of likely N-dealkylation sites (tertiary alicyclic amines) is 1. The van der Waals surface area contributed by atoms with Gasteiger partial charge >= 0.3 is 6.09 Å². The number of amides is 1. The number of carbonyl (C=O) groups is 1. The number of hydrogen-bond donors (Lipinski definition) is 1. The van der Waals surface area contributed by atoms with Gasteiger partial charge in [-0.2, -0.15) is 0 Å². The van der Waals surface area contributed by atoms with E-state index in [4.69, 9.17) is 10.5 Å². The molecular weight excluding hydrogens is 199 g/mol. The minimum atomic E-state index is -0.980. The second-order valence-corrected chi connectivity index (χ2v) is 4.86. The summed E-state index contributed by atoms with van der Waals surface area (Å²) >= 11 is 0. The second kappa shape index (κ2) is 4.35. The molecule has 2 atom stereocenters. The molecule has 1 amide bonds. The van der Waals surface area contributed by atoms with Gasteiger partial charge in [0.1, 0.15) is 11.8 Å². The van der Waals surface area contributed by atoms with E-state index in [0.29, 0.717) is 6.42 Å². The lowest BCUT2D eigenvalue weighted by Gasteiger charge is -2.27. The largest absolute Gasteiger partial charge is 0.444 e. The zero-order valence-electron chi connectivity index (χ0n) is 9.50. The van der Waals surface area contributed by atoms with Crippen LogP contribution in [0.3, 0.4) is 0 Å². The molecule has 0 aromatic carbocycles. The molecule has 5 heteroatoms. The molecule has 1 aliphatic rings. The number of rotatable bonds is 1. The van der Waals surface area contributed by atoms with Gasteiger partial charge in [0.15, 0.2) is 0 Å². The summed E-state index contributed by atoms with van der Waals surface area (Å²) in [5.74, 6) is 0. The third-order valence-corrected chi connectivity index (χ3v) is 2.26.